The van der Waals surface area contributed by atoms with Gasteiger partial charge in [0.1, 0.15) is 12.9 Å². The van der Waals surface area contributed by atoms with E-state index < -0.39 is 0 Å². The molecule has 0 aliphatic heterocycles. The Morgan fingerprint density at radius 2 is 2.39 bits per heavy atom. The fourth-order valence-electron chi connectivity index (χ4n) is 2.59. The second kappa shape index (κ2) is 5.37. The largest absolute Gasteiger partial charge is 0.367 e. The molecule has 1 fully saturated rings. The summed E-state index contributed by atoms with van der Waals surface area (Å²) in [4.78, 5) is 17.8. The summed E-state index contributed by atoms with van der Waals surface area (Å²) in [6.07, 6.45) is 6.18. The molecule has 0 aromatic carbocycles. The summed E-state index contributed by atoms with van der Waals surface area (Å²) in [6.45, 7) is 2.47. The van der Waals surface area contributed by atoms with E-state index >= 15 is 0 Å². The van der Waals surface area contributed by atoms with Crippen LogP contribution in [-0.4, -0.2) is 38.7 Å². The van der Waals surface area contributed by atoms with Crippen molar-refractivity contribution in [1.29, 1.82) is 0 Å². The quantitative estimate of drug-likeness (QED) is 0.865. The minimum atomic E-state index is 0.0685. The molecule has 2 unspecified atom stereocenters. The van der Waals surface area contributed by atoms with Gasteiger partial charge in [-0.15, -0.1) is 5.10 Å². The van der Waals surface area contributed by atoms with Crippen LogP contribution in [0.2, 0.25) is 0 Å². The molecule has 1 amide bonds. The van der Waals surface area contributed by atoms with E-state index in [0.717, 1.165) is 12.8 Å². The molecule has 1 saturated carbocycles. The standard InChI is InChI=1S/C12H21N5O/c1-9-4-3-5-10(6-9)16(2)11(18)7-17-8-14-12(13)15-17/h8-10H,3-7H2,1-2H3,(H2,13,15). The van der Waals surface area contributed by atoms with Crippen LogP contribution in [-0.2, 0) is 11.3 Å². The molecule has 1 aromatic rings. The molecule has 0 radical (unpaired) electrons. The lowest BCUT2D eigenvalue weighted by Crippen LogP contribution is -2.41. The van der Waals surface area contributed by atoms with Gasteiger partial charge in [0.15, 0.2) is 0 Å². The molecule has 2 atom stereocenters. The molecular formula is C12H21N5O. The zero-order valence-corrected chi connectivity index (χ0v) is 11.0. The molecule has 0 saturated heterocycles. The Bertz CT molecular complexity index is 416. The fraction of sp³-hybridized carbons (Fsp3) is 0.750. The zero-order chi connectivity index (χ0) is 13.1. The van der Waals surface area contributed by atoms with Crippen molar-refractivity contribution < 1.29 is 4.79 Å². The molecule has 18 heavy (non-hydrogen) atoms. The first-order valence-electron chi connectivity index (χ1n) is 6.47. The Hall–Kier alpha value is -1.59. The van der Waals surface area contributed by atoms with Crippen LogP contribution in [0, 0.1) is 5.92 Å². The van der Waals surface area contributed by atoms with Crippen molar-refractivity contribution >= 4 is 11.9 Å². The summed E-state index contributed by atoms with van der Waals surface area (Å²) in [5.74, 6) is 0.983. The van der Waals surface area contributed by atoms with E-state index in [4.69, 9.17) is 5.73 Å². The first-order chi connectivity index (χ1) is 8.56. The summed E-state index contributed by atoms with van der Waals surface area (Å²) < 4.78 is 1.49. The Balaban J connectivity index is 1.91. The highest BCUT2D eigenvalue weighted by Gasteiger charge is 2.25. The van der Waals surface area contributed by atoms with Crippen molar-refractivity contribution in [3.05, 3.63) is 6.33 Å². The van der Waals surface area contributed by atoms with Crippen molar-refractivity contribution in [2.75, 3.05) is 12.8 Å². The maximum absolute atomic E-state index is 12.1. The number of rotatable bonds is 3. The number of nitrogens with zero attached hydrogens (tertiary/aromatic N) is 4. The van der Waals surface area contributed by atoms with E-state index in [2.05, 4.69) is 17.0 Å². The van der Waals surface area contributed by atoms with Gasteiger partial charge in [-0.2, -0.15) is 0 Å². The van der Waals surface area contributed by atoms with Crippen molar-refractivity contribution in [3.8, 4) is 0 Å². The van der Waals surface area contributed by atoms with Crippen LogP contribution in [0.4, 0.5) is 5.95 Å². The van der Waals surface area contributed by atoms with Crippen LogP contribution < -0.4 is 5.73 Å². The van der Waals surface area contributed by atoms with E-state index in [-0.39, 0.29) is 18.4 Å². The highest BCUT2D eigenvalue weighted by atomic mass is 16.2. The van der Waals surface area contributed by atoms with Crippen LogP contribution in [0.25, 0.3) is 0 Å². The number of nitrogen functional groups attached to an aromatic ring is 1. The Morgan fingerprint density at radius 1 is 1.61 bits per heavy atom. The topological polar surface area (TPSA) is 77.0 Å². The first kappa shape index (κ1) is 12.9. The SMILES string of the molecule is CC1CCCC(N(C)C(=O)Cn2cnc(N)n2)C1. The number of anilines is 1. The number of nitrogens with two attached hydrogens (primary N) is 1. The van der Waals surface area contributed by atoms with Gasteiger partial charge in [0.25, 0.3) is 0 Å². The number of amides is 1. The molecule has 1 aliphatic rings. The van der Waals surface area contributed by atoms with Crippen molar-refractivity contribution in [3.63, 3.8) is 0 Å². The van der Waals surface area contributed by atoms with Gasteiger partial charge in [0.2, 0.25) is 11.9 Å². The van der Waals surface area contributed by atoms with Crippen LogP contribution >= 0.6 is 0 Å². The lowest BCUT2D eigenvalue weighted by Gasteiger charge is -2.34. The van der Waals surface area contributed by atoms with Crippen LogP contribution in [0.5, 0.6) is 0 Å². The summed E-state index contributed by atoms with van der Waals surface area (Å²) in [5.41, 5.74) is 5.42. The summed E-state index contributed by atoms with van der Waals surface area (Å²) in [5, 5.41) is 3.93. The van der Waals surface area contributed by atoms with Crippen LogP contribution in [0.15, 0.2) is 6.33 Å². The minimum absolute atomic E-state index is 0.0685. The molecule has 100 valence electrons. The summed E-state index contributed by atoms with van der Waals surface area (Å²) >= 11 is 0. The normalized spacial score (nSPS) is 23.9. The maximum Gasteiger partial charge on any atom is 0.244 e. The van der Waals surface area contributed by atoms with Crippen LogP contribution in [0.1, 0.15) is 32.6 Å². The molecule has 2 rings (SSSR count). The highest BCUT2D eigenvalue weighted by molar-refractivity contribution is 5.75. The highest BCUT2D eigenvalue weighted by Crippen LogP contribution is 2.26. The van der Waals surface area contributed by atoms with E-state index in [0.29, 0.717) is 12.0 Å². The second-order valence-electron chi connectivity index (χ2n) is 5.23. The zero-order valence-electron chi connectivity index (χ0n) is 11.0. The third kappa shape index (κ3) is 3.00. The number of likely N-dealkylation sites (N-methyl/N-ethyl adjacent to an activating group) is 1. The molecule has 1 aromatic heterocycles. The Morgan fingerprint density at radius 3 is 3.00 bits per heavy atom. The monoisotopic (exact) mass is 251 g/mol. The van der Waals surface area contributed by atoms with Crippen molar-refractivity contribution in [2.24, 2.45) is 5.92 Å². The van der Waals surface area contributed by atoms with Gasteiger partial charge in [0, 0.05) is 13.1 Å². The van der Waals surface area contributed by atoms with E-state index in [1.807, 2.05) is 11.9 Å². The van der Waals surface area contributed by atoms with Gasteiger partial charge in [-0.05, 0) is 18.8 Å². The van der Waals surface area contributed by atoms with Gasteiger partial charge in [0.05, 0.1) is 0 Å². The number of hydrogen-bond donors (Lipinski definition) is 1. The van der Waals surface area contributed by atoms with E-state index in [1.54, 1.807) is 0 Å². The molecular weight excluding hydrogens is 230 g/mol. The van der Waals surface area contributed by atoms with Gasteiger partial charge in [-0.3, -0.25) is 4.79 Å². The van der Waals surface area contributed by atoms with Gasteiger partial charge in [-0.25, -0.2) is 9.67 Å². The molecule has 6 heteroatoms. The molecule has 2 N–H and O–H groups in total. The number of hydrogen-bond acceptors (Lipinski definition) is 4. The molecule has 0 bridgehead atoms. The predicted molar refractivity (Wildman–Crippen MR) is 68.6 cm³/mol. The van der Waals surface area contributed by atoms with Gasteiger partial charge < -0.3 is 10.6 Å². The van der Waals surface area contributed by atoms with Gasteiger partial charge >= 0.3 is 0 Å². The third-order valence-corrected chi connectivity index (χ3v) is 3.70. The van der Waals surface area contributed by atoms with E-state index in [1.165, 1.54) is 23.9 Å². The second-order valence-corrected chi connectivity index (χ2v) is 5.23. The average molecular weight is 251 g/mol. The molecule has 1 aliphatic carbocycles. The predicted octanol–water partition coefficient (Wildman–Crippen LogP) is 0.897. The fourth-order valence-corrected chi connectivity index (χ4v) is 2.59. The first-order valence-corrected chi connectivity index (χ1v) is 6.47. The van der Waals surface area contributed by atoms with Crippen LogP contribution in [0.3, 0.4) is 0 Å². The molecule has 6 nitrogen and oxygen atoms in total. The van der Waals surface area contributed by atoms with E-state index in [9.17, 15) is 4.79 Å². The maximum atomic E-state index is 12.1. The Kier molecular flexibility index (Phi) is 3.84. The van der Waals surface area contributed by atoms with Gasteiger partial charge in [-0.1, -0.05) is 19.8 Å². The number of carbonyl (C=O) groups is 1. The third-order valence-electron chi connectivity index (χ3n) is 3.70. The van der Waals surface area contributed by atoms with Crippen molar-refractivity contribution in [1.82, 2.24) is 19.7 Å². The lowest BCUT2D eigenvalue weighted by molar-refractivity contribution is -0.133. The minimum Gasteiger partial charge on any atom is -0.367 e. The smallest absolute Gasteiger partial charge is 0.244 e. The number of aromatic nitrogens is 3. The Labute approximate surface area is 107 Å². The average Bonchev–Trinajstić information content (AvgIpc) is 2.73. The van der Waals surface area contributed by atoms with Crippen molar-refractivity contribution in [2.45, 2.75) is 45.2 Å². The molecule has 1 heterocycles. The lowest BCUT2D eigenvalue weighted by atomic mass is 9.86. The molecule has 0 spiro atoms. The summed E-state index contributed by atoms with van der Waals surface area (Å²) in [6, 6.07) is 0.363. The number of carbonyl (C=O) groups excluding carboxylic acids is 1. The summed E-state index contributed by atoms with van der Waals surface area (Å²) in [7, 11) is 1.88.